The number of aryl methyl sites for hydroxylation is 1. The zero-order chi connectivity index (χ0) is 44.8. The number of fused-ring (bicyclic) bond motifs is 2. The number of benzene rings is 2. The second kappa shape index (κ2) is 19.8. The number of halogens is 2. The first-order chi connectivity index (χ1) is 30.4. The number of alkyl halides is 2. The van der Waals surface area contributed by atoms with Gasteiger partial charge in [-0.2, -0.15) is 0 Å². The number of likely N-dealkylation sites (tertiary alicyclic amines) is 2. The summed E-state index contributed by atoms with van der Waals surface area (Å²) in [6, 6.07) is 9.24. The Hall–Kier alpha value is -6.30. The Balaban J connectivity index is 0.958. The summed E-state index contributed by atoms with van der Waals surface area (Å²) >= 11 is 0. The van der Waals surface area contributed by atoms with Crippen LogP contribution in [-0.2, 0) is 25.6 Å². The second-order valence-electron chi connectivity index (χ2n) is 16.5. The second-order valence-corrected chi connectivity index (χ2v) is 16.5. The van der Waals surface area contributed by atoms with Gasteiger partial charge in [-0.25, -0.2) is 8.78 Å². The number of amides is 5. The van der Waals surface area contributed by atoms with Gasteiger partial charge >= 0.3 is 0 Å². The molecule has 18 heteroatoms. The summed E-state index contributed by atoms with van der Waals surface area (Å²) in [5.74, 6) is -1.58. The van der Waals surface area contributed by atoms with Crippen molar-refractivity contribution in [3.63, 3.8) is 0 Å². The van der Waals surface area contributed by atoms with E-state index in [1.807, 2.05) is 15.9 Å². The number of aromatic nitrogens is 1. The standard InChI is InChI=1S/C45H55F2N11O5/c1-26(59)57-20-14-36(34(25-57)43(49)58-17-4-5-27-21-32(28(23-48)24-50-2)33(42(46)47)22-38(27)58)53-29-12-18-56(19-13-29)40(61)11-16-51-35-8-7-31(41-30(35)6-3-15-52-41)44(62)54-37-9-10-39(60)55-45(37)63/h3,6-8,15,21-24,29,34,36-37,42,48-51,53H,4-5,9-14,16-20,25H2,1-2H3,(H,54,62)(H,55,60,63)/b28-24+,48-23?,49-43?/t34?,36?,37-/m0/s1. The lowest BCUT2D eigenvalue weighted by molar-refractivity contribution is -0.135. The summed E-state index contributed by atoms with van der Waals surface area (Å²) in [6.45, 7) is 4.31. The van der Waals surface area contributed by atoms with Gasteiger partial charge in [0.05, 0.1) is 11.1 Å². The van der Waals surface area contributed by atoms with E-state index >= 15 is 0 Å². The summed E-state index contributed by atoms with van der Waals surface area (Å²) < 4.78 is 29.1. The van der Waals surface area contributed by atoms with Crippen LogP contribution in [0.15, 0.2) is 48.8 Å². The van der Waals surface area contributed by atoms with Gasteiger partial charge in [0, 0.05) is 131 Å². The van der Waals surface area contributed by atoms with Gasteiger partial charge in [-0.05, 0) is 86.1 Å². The predicted molar refractivity (Wildman–Crippen MR) is 236 cm³/mol. The highest BCUT2D eigenvalue weighted by Gasteiger charge is 2.39. The fraction of sp³-hybridized carbons (Fsp3) is 0.467. The quantitative estimate of drug-likeness (QED) is 0.0746. The van der Waals surface area contributed by atoms with Crippen LogP contribution in [0.4, 0.5) is 20.2 Å². The fourth-order valence-electron chi connectivity index (χ4n) is 9.23. The summed E-state index contributed by atoms with van der Waals surface area (Å²) in [5, 5.41) is 33.0. The number of anilines is 2. The zero-order valence-electron chi connectivity index (χ0n) is 35.6. The molecular weight excluding hydrogens is 813 g/mol. The normalized spacial score (nSPS) is 20.9. The number of nitrogens with one attached hydrogen (secondary N) is 7. The third-order valence-corrected chi connectivity index (χ3v) is 12.6. The molecule has 7 rings (SSSR count). The van der Waals surface area contributed by atoms with Gasteiger partial charge in [-0.15, -0.1) is 0 Å². The molecule has 63 heavy (non-hydrogen) atoms. The lowest BCUT2D eigenvalue weighted by Crippen LogP contribution is -2.59. The number of carbonyl (C=O) groups excluding carboxylic acids is 5. The van der Waals surface area contributed by atoms with Gasteiger partial charge in [0.1, 0.15) is 11.9 Å². The minimum absolute atomic E-state index is 0.00214. The van der Waals surface area contributed by atoms with Crippen molar-refractivity contribution in [1.82, 2.24) is 36.1 Å². The first-order valence-electron chi connectivity index (χ1n) is 21.6. The molecule has 0 bridgehead atoms. The fourth-order valence-corrected chi connectivity index (χ4v) is 9.23. The summed E-state index contributed by atoms with van der Waals surface area (Å²) in [6.07, 6.45) is 5.35. The number of piperidine rings is 3. The van der Waals surface area contributed by atoms with Crippen LogP contribution < -0.4 is 31.5 Å². The van der Waals surface area contributed by atoms with Crippen LogP contribution in [0.2, 0.25) is 0 Å². The molecular formula is C45H55F2N11O5. The van der Waals surface area contributed by atoms with Crippen molar-refractivity contribution in [2.75, 3.05) is 56.5 Å². The zero-order valence-corrected chi connectivity index (χ0v) is 35.6. The van der Waals surface area contributed by atoms with Gasteiger partial charge in [0.15, 0.2) is 0 Å². The van der Waals surface area contributed by atoms with Crippen molar-refractivity contribution in [3.05, 3.63) is 71.0 Å². The molecule has 16 nitrogen and oxygen atoms in total. The number of hydrogen-bond donors (Lipinski definition) is 7. The molecule has 0 aliphatic carbocycles. The summed E-state index contributed by atoms with van der Waals surface area (Å²) in [4.78, 5) is 72.9. The number of pyridine rings is 1. The molecule has 0 spiro atoms. The summed E-state index contributed by atoms with van der Waals surface area (Å²) in [7, 11) is 1.65. The average molecular weight is 868 g/mol. The number of nitrogens with zero attached hydrogens (tertiary/aromatic N) is 4. The Bertz CT molecular complexity index is 2310. The van der Waals surface area contributed by atoms with Crippen molar-refractivity contribution in [3.8, 4) is 0 Å². The van der Waals surface area contributed by atoms with E-state index in [-0.39, 0.29) is 71.6 Å². The van der Waals surface area contributed by atoms with Crippen molar-refractivity contribution >= 4 is 69.4 Å². The Morgan fingerprint density at radius 3 is 2.49 bits per heavy atom. The summed E-state index contributed by atoms with van der Waals surface area (Å²) in [5.41, 5.74) is 3.25. The molecule has 2 aromatic carbocycles. The van der Waals surface area contributed by atoms with Crippen LogP contribution in [0.1, 0.15) is 85.3 Å². The predicted octanol–water partition coefficient (Wildman–Crippen LogP) is 3.97. The molecule has 3 atom stereocenters. The minimum Gasteiger partial charge on any atom is -0.393 e. The average Bonchev–Trinajstić information content (AvgIpc) is 3.28. The van der Waals surface area contributed by atoms with Crippen LogP contribution in [0.3, 0.4) is 0 Å². The van der Waals surface area contributed by atoms with Crippen LogP contribution in [0, 0.1) is 16.7 Å². The van der Waals surface area contributed by atoms with E-state index in [4.69, 9.17) is 5.41 Å². The monoisotopic (exact) mass is 867 g/mol. The van der Waals surface area contributed by atoms with Gasteiger partial charge in [0.2, 0.25) is 23.6 Å². The van der Waals surface area contributed by atoms with Crippen molar-refractivity contribution in [2.45, 2.75) is 82.8 Å². The van der Waals surface area contributed by atoms with E-state index in [1.54, 1.807) is 42.4 Å². The molecule has 1 aromatic heterocycles. The maximum atomic E-state index is 14.5. The van der Waals surface area contributed by atoms with Gasteiger partial charge in [-0.3, -0.25) is 39.7 Å². The molecule has 5 amide bonds. The number of hydrogen-bond acceptors (Lipinski definition) is 11. The third kappa shape index (κ3) is 10.0. The van der Waals surface area contributed by atoms with E-state index in [0.29, 0.717) is 92.8 Å². The van der Waals surface area contributed by atoms with Crippen molar-refractivity contribution in [1.29, 1.82) is 10.8 Å². The lowest BCUT2D eigenvalue weighted by Gasteiger charge is -2.45. The van der Waals surface area contributed by atoms with E-state index < -0.39 is 30.2 Å². The Kier molecular flexibility index (Phi) is 14.1. The van der Waals surface area contributed by atoms with Crippen molar-refractivity contribution in [2.24, 2.45) is 5.92 Å². The molecule has 2 unspecified atom stereocenters. The number of imide groups is 1. The van der Waals surface area contributed by atoms with Crippen LogP contribution in [0.5, 0.6) is 0 Å². The highest BCUT2D eigenvalue weighted by Crippen LogP contribution is 2.38. The van der Waals surface area contributed by atoms with Crippen LogP contribution in [-0.4, -0.2) is 121 Å². The largest absolute Gasteiger partial charge is 0.393 e. The first-order valence-corrected chi connectivity index (χ1v) is 21.6. The molecule has 3 fully saturated rings. The van der Waals surface area contributed by atoms with E-state index in [0.717, 1.165) is 18.2 Å². The number of amidine groups is 1. The van der Waals surface area contributed by atoms with Crippen LogP contribution >= 0.6 is 0 Å². The first kappa shape index (κ1) is 44.7. The van der Waals surface area contributed by atoms with Gasteiger partial charge in [-0.1, -0.05) is 0 Å². The molecule has 3 saturated heterocycles. The topological polar surface area (TPSA) is 216 Å². The molecule has 0 radical (unpaired) electrons. The molecule has 4 aliphatic heterocycles. The highest BCUT2D eigenvalue weighted by atomic mass is 19.3. The number of allylic oxidation sites excluding steroid dienone is 1. The van der Waals surface area contributed by atoms with Crippen LogP contribution in [0.25, 0.3) is 16.5 Å². The van der Waals surface area contributed by atoms with Gasteiger partial charge < -0.3 is 41.4 Å². The SMILES string of the molecule is CN/C=C(\C=N)c1cc2c(cc1C(F)F)N(C(=N)C1CN(C(C)=O)CCC1NC1CCN(C(=O)CCNc3ccc(C(=O)N[C@H]4CCC(=O)NC4=O)c4ncccc34)CC1)CCC2. The molecule has 5 heterocycles. The smallest absolute Gasteiger partial charge is 0.264 e. The van der Waals surface area contributed by atoms with Gasteiger partial charge in [0.25, 0.3) is 12.3 Å². The number of rotatable bonds is 13. The van der Waals surface area contributed by atoms with E-state index in [1.165, 1.54) is 19.2 Å². The maximum absolute atomic E-state index is 14.5. The highest BCUT2D eigenvalue weighted by molar-refractivity contribution is 6.11. The molecule has 0 saturated carbocycles. The Labute approximate surface area is 364 Å². The van der Waals surface area contributed by atoms with Crippen molar-refractivity contribution < 1.29 is 32.8 Å². The minimum atomic E-state index is -2.79. The molecule has 334 valence electrons. The molecule has 3 aromatic rings. The Morgan fingerprint density at radius 1 is 1.00 bits per heavy atom. The maximum Gasteiger partial charge on any atom is 0.264 e. The Morgan fingerprint density at radius 2 is 1.78 bits per heavy atom. The lowest BCUT2D eigenvalue weighted by atomic mass is 9.86. The van der Waals surface area contributed by atoms with E-state index in [9.17, 15) is 38.2 Å². The molecule has 7 N–H and O–H groups in total. The third-order valence-electron chi connectivity index (χ3n) is 12.6. The molecule has 4 aliphatic rings. The van der Waals surface area contributed by atoms with E-state index in [2.05, 4.69) is 31.6 Å². The number of carbonyl (C=O) groups is 5.